The van der Waals surface area contributed by atoms with Crippen molar-refractivity contribution in [2.24, 2.45) is 0 Å². The fourth-order valence-electron chi connectivity index (χ4n) is 1.15. The molecule has 16 heavy (non-hydrogen) atoms. The Bertz CT molecular complexity index is 476. The highest BCUT2D eigenvalue weighted by Crippen LogP contribution is 2.14. The van der Waals surface area contributed by atoms with Gasteiger partial charge in [0, 0.05) is 11.8 Å². The van der Waals surface area contributed by atoms with Crippen LogP contribution in [0.3, 0.4) is 0 Å². The largest absolute Gasteiger partial charge is 0.487 e. The van der Waals surface area contributed by atoms with Crippen LogP contribution >= 0.6 is 15.9 Å². The zero-order valence-electron chi connectivity index (χ0n) is 8.23. The Kier molecular flexibility index (Phi) is 3.46. The summed E-state index contributed by atoms with van der Waals surface area (Å²) in [7, 11) is 0. The van der Waals surface area contributed by atoms with Crippen LogP contribution in [0.15, 0.2) is 41.4 Å². The molecule has 5 heteroatoms. The second-order valence-electron chi connectivity index (χ2n) is 3.12. The molecular formula is C11H8BrFN2O. The van der Waals surface area contributed by atoms with Gasteiger partial charge in [0.1, 0.15) is 22.8 Å². The zero-order chi connectivity index (χ0) is 11.4. The number of nitrogens with zero attached hydrogens (tertiary/aromatic N) is 2. The molecule has 82 valence electrons. The third-order valence-corrected chi connectivity index (χ3v) is 2.34. The minimum atomic E-state index is -0.366. The van der Waals surface area contributed by atoms with Crippen molar-refractivity contribution in [3.05, 3.63) is 52.8 Å². The van der Waals surface area contributed by atoms with Crippen LogP contribution < -0.4 is 4.74 Å². The average molecular weight is 283 g/mol. The van der Waals surface area contributed by atoms with Crippen molar-refractivity contribution in [2.45, 2.75) is 6.61 Å². The van der Waals surface area contributed by atoms with Crippen LogP contribution in [0.1, 0.15) is 5.56 Å². The molecule has 0 unspecified atom stereocenters. The highest BCUT2D eigenvalue weighted by atomic mass is 79.9. The first-order chi connectivity index (χ1) is 7.74. The number of pyridine rings is 2. The summed E-state index contributed by atoms with van der Waals surface area (Å²) < 4.78 is 19.0. The molecule has 0 saturated carbocycles. The molecule has 0 aliphatic carbocycles. The minimum Gasteiger partial charge on any atom is -0.487 e. The van der Waals surface area contributed by atoms with Crippen LogP contribution in [0.5, 0.6) is 5.75 Å². The van der Waals surface area contributed by atoms with E-state index >= 15 is 0 Å². The lowest BCUT2D eigenvalue weighted by atomic mass is 10.3. The Labute approximate surface area is 100 Å². The number of rotatable bonds is 3. The zero-order valence-corrected chi connectivity index (χ0v) is 9.82. The number of aromatic nitrogens is 2. The quantitative estimate of drug-likeness (QED) is 0.812. The normalized spacial score (nSPS) is 10.1. The van der Waals surface area contributed by atoms with Crippen molar-refractivity contribution in [2.75, 3.05) is 0 Å². The summed E-state index contributed by atoms with van der Waals surface area (Å²) in [6, 6.07) is 4.95. The predicted molar refractivity (Wildman–Crippen MR) is 60.5 cm³/mol. The van der Waals surface area contributed by atoms with Gasteiger partial charge in [-0.25, -0.2) is 9.37 Å². The van der Waals surface area contributed by atoms with Crippen molar-refractivity contribution in [3.63, 3.8) is 0 Å². The van der Waals surface area contributed by atoms with Gasteiger partial charge in [-0.1, -0.05) is 0 Å². The van der Waals surface area contributed by atoms with E-state index in [2.05, 4.69) is 25.9 Å². The molecule has 0 bridgehead atoms. The maximum absolute atomic E-state index is 12.8. The smallest absolute Gasteiger partial charge is 0.141 e. The van der Waals surface area contributed by atoms with Crippen LogP contribution in [0.2, 0.25) is 0 Å². The summed E-state index contributed by atoms with van der Waals surface area (Å²) in [6.45, 7) is 0.272. The van der Waals surface area contributed by atoms with Crippen LogP contribution in [-0.4, -0.2) is 9.97 Å². The van der Waals surface area contributed by atoms with Crippen LogP contribution in [0.4, 0.5) is 4.39 Å². The minimum absolute atomic E-state index is 0.272. The Hall–Kier alpha value is -1.49. The molecule has 3 nitrogen and oxygen atoms in total. The third kappa shape index (κ3) is 3.00. The van der Waals surface area contributed by atoms with Crippen molar-refractivity contribution in [1.82, 2.24) is 9.97 Å². The van der Waals surface area contributed by atoms with Gasteiger partial charge in [-0.15, -0.1) is 0 Å². The Morgan fingerprint density at radius 3 is 2.81 bits per heavy atom. The van der Waals surface area contributed by atoms with Gasteiger partial charge in [0.15, 0.2) is 0 Å². The summed E-state index contributed by atoms with van der Waals surface area (Å²) in [6.07, 6.45) is 4.32. The Morgan fingerprint density at radius 2 is 2.12 bits per heavy atom. The molecular weight excluding hydrogens is 275 g/mol. The molecule has 0 N–H and O–H groups in total. The second kappa shape index (κ2) is 5.03. The van der Waals surface area contributed by atoms with Gasteiger partial charge in [0.25, 0.3) is 0 Å². The fourth-order valence-corrected chi connectivity index (χ4v) is 1.38. The van der Waals surface area contributed by atoms with E-state index in [4.69, 9.17) is 4.74 Å². The van der Waals surface area contributed by atoms with Gasteiger partial charge in [-0.3, -0.25) is 4.98 Å². The first-order valence-corrected chi connectivity index (χ1v) is 5.37. The maximum Gasteiger partial charge on any atom is 0.141 e. The van der Waals surface area contributed by atoms with Crippen molar-refractivity contribution >= 4 is 15.9 Å². The summed E-state index contributed by atoms with van der Waals surface area (Å²) in [5, 5.41) is 0. The van der Waals surface area contributed by atoms with Gasteiger partial charge in [0.2, 0.25) is 0 Å². The Morgan fingerprint density at radius 1 is 1.25 bits per heavy atom. The second-order valence-corrected chi connectivity index (χ2v) is 3.93. The molecule has 0 radical (unpaired) electrons. The van der Waals surface area contributed by atoms with Gasteiger partial charge in [-0.2, -0.15) is 0 Å². The number of ether oxygens (including phenoxy) is 1. The fraction of sp³-hybridized carbons (Fsp3) is 0.0909. The van der Waals surface area contributed by atoms with Crippen LogP contribution in [-0.2, 0) is 6.61 Å². The molecule has 2 aromatic rings. The van der Waals surface area contributed by atoms with E-state index in [0.29, 0.717) is 11.3 Å². The lowest BCUT2D eigenvalue weighted by molar-refractivity contribution is 0.303. The van der Waals surface area contributed by atoms with E-state index in [-0.39, 0.29) is 12.4 Å². The van der Waals surface area contributed by atoms with E-state index in [9.17, 15) is 4.39 Å². The molecule has 2 aromatic heterocycles. The molecule has 0 fully saturated rings. The third-order valence-electron chi connectivity index (χ3n) is 1.87. The van der Waals surface area contributed by atoms with Gasteiger partial charge >= 0.3 is 0 Å². The molecule has 0 saturated heterocycles. The molecule has 0 aliphatic heterocycles. The summed E-state index contributed by atoms with van der Waals surface area (Å²) in [4.78, 5) is 7.74. The van der Waals surface area contributed by atoms with Crippen LogP contribution in [0, 0.1) is 5.82 Å². The highest BCUT2D eigenvalue weighted by Gasteiger charge is 1.98. The molecule has 2 rings (SSSR count). The maximum atomic E-state index is 12.8. The monoisotopic (exact) mass is 282 g/mol. The molecule has 0 amide bonds. The first-order valence-electron chi connectivity index (χ1n) is 4.58. The van der Waals surface area contributed by atoms with E-state index in [1.54, 1.807) is 24.5 Å². The number of hydrogen-bond donors (Lipinski definition) is 0. The first kappa shape index (κ1) is 11.0. The number of halogens is 2. The summed E-state index contributed by atoms with van der Waals surface area (Å²) >= 11 is 3.22. The van der Waals surface area contributed by atoms with E-state index in [0.717, 1.165) is 10.8 Å². The van der Waals surface area contributed by atoms with Crippen molar-refractivity contribution in [3.8, 4) is 5.75 Å². The van der Waals surface area contributed by atoms with E-state index in [1.807, 2.05) is 0 Å². The summed E-state index contributed by atoms with van der Waals surface area (Å²) in [5.74, 6) is 0.266. The number of hydrogen-bond acceptors (Lipinski definition) is 3. The lowest BCUT2D eigenvalue weighted by Gasteiger charge is -2.05. The van der Waals surface area contributed by atoms with E-state index in [1.165, 1.54) is 6.07 Å². The Balaban J connectivity index is 1.99. The SMILES string of the molecule is Fc1cncc(COc2ccc(Br)nc2)c1. The van der Waals surface area contributed by atoms with Gasteiger partial charge < -0.3 is 4.74 Å². The molecule has 0 aliphatic rings. The summed E-state index contributed by atoms with van der Waals surface area (Å²) in [5.41, 5.74) is 0.683. The molecule has 0 spiro atoms. The topological polar surface area (TPSA) is 35.0 Å². The van der Waals surface area contributed by atoms with E-state index < -0.39 is 0 Å². The standard InChI is InChI=1S/C11H8BrFN2O/c12-11-2-1-10(6-15-11)16-7-8-3-9(13)5-14-4-8/h1-6H,7H2. The highest BCUT2D eigenvalue weighted by molar-refractivity contribution is 9.10. The predicted octanol–water partition coefficient (Wildman–Crippen LogP) is 2.96. The molecule has 0 atom stereocenters. The lowest BCUT2D eigenvalue weighted by Crippen LogP contribution is -1.97. The van der Waals surface area contributed by atoms with Gasteiger partial charge in [0.05, 0.1) is 12.4 Å². The van der Waals surface area contributed by atoms with Crippen molar-refractivity contribution < 1.29 is 9.13 Å². The van der Waals surface area contributed by atoms with Crippen LogP contribution in [0.25, 0.3) is 0 Å². The van der Waals surface area contributed by atoms with Crippen molar-refractivity contribution in [1.29, 1.82) is 0 Å². The molecule has 0 aromatic carbocycles. The molecule has 2 heterocycles. The van der Waals surface area contributed by atoms with Gasteiger partial charge in [-0.05, 0) is 34.1 Å². The average Bonchev–Trinajstić information content (AvgIpc) is 2.28.